The summed E-state index contributed by atoms with van der Waals surface area (Å²) in [5.74, 6) is -0.0589. The molecule has 2 unspecified atom stereocenters. The normalized spacial score (nSPS) is 12.7. The Labute approximate surface area is 431 Å². The van der Waals surface area contributed by atoms with E-state index in [0.717, 1.165) is 44.9 Å². The summed E-state index contributed by atoms with van der Waals surface area (Å²) in [6, 6.07) is -0.626. The lowest BCUT2D eigenvalue weighted by Crippen LogP contribution is -2.45. The number of ether oxygens (including phenoxy) is 1. The highest BCUT2D eigenvalue weighted by Gasteiger charge is 2.18. The van der Waals surface area contributed by atoms with Crippen molar-refractivity contribution < 1.29 is 24.5 Å². The minimum absolute atomic E-state index is 0.00665. The summed E-state index contributed by atoms with van der Waals surface area (Å²) in [5.41, 5.74) is 0. The van der Waals surface area contributed by atoms with Gasteiger partial charge in [0.05, 0.1) is 25.4 Å². The van der Waals surface area contributed by atoms with Gasteiger partial charge in [-0.25, -0.2) is 0 Å². The standard InChI is InChI=1S/C63H121NO5/c1-3-5-7-9-11-13-15-17-31-35-39-43-47-51-55-61(66)60(59-65)64-62(67)56-52-48-44-40-36-32-29-27-25-23-21-19-20-22-24-26-28-30-34-38-42-46-50-54-58-69-63(68)57-53-49-45-41-37-33-18-16-14-12-10-8-6-4-2/h16,18,51,55,60-61,65-66H,3-15,17,19-50,52-54,56-59H2,1-2H3,(H,64,67)/b18-16-,55-51+. The van der Waals surface area contributed by atoms with Gasteiger partial charge in [0.2, 0.25) is 5.91 Å². The zero-order valence-corrected chi connectivity index (χ0v) is 46.6. The summed E-state index contributed by atoms with van der Waals surface area (Å²) in [7, 11) is 0. The molecule has 0 aliphatic heterocycles. The molecule has 0 aliphatic carbocycles. The zero-order valence-electron chi connectivity index (χ0n) is 46.6. The summed E-state index contributed by atoms with van der Waals surface area (Å²) in [4.78, 5) is 24.5. The van der Waals surface area contributed by atoms with Crippen LogP contribution in [0.15, 0.2) is 24.3 Å². The maximum atomic E-state index is 12.5. The van der Waals surface area contributed by atoms with E-state index in [2.05, 4.69) is 31.3 Å². The minimum Gasteiger partial charge on any atom is -0.466 e. The second-order valence-corrected chi connectivity index (χ2v) is 21.4. The maximum Gasteiger partial charge on any atom is 0.305 e. The SMILES string of the molecule is CCCCCCC/C=C\CCCCCCCC(=O)OCCCCCCCCCCCCCCCCCCCCCCCCCCC(=O)NC(CO)C(O)/C=C/CCCCCCCCCCCCCC. The van der Waals surface area contributed by atoms with Crippen molar-refractivity contribution in [2.45, 2.75) is 353 Å². The Morgan fingerprint density at radius 1 is 0.391 bits per heavy atom. The van der Waals surface area contributed by atoms with E-state index in [1.54, 1.807) is 6.08 Å². The molecule has 2 atom stereocenters. The van der Waals surface area contributed by atoms with Gasteiger partial charge >= 0.3 is 5.97 Å². The average Bonchev–Trinajstić information content (AvgIpc) is 3.35. The number of hydrogen-bond acceptors (Lipinski definition) is 5. The summed E-state index contributed by atoms with van der Waals surface area (Å²) in [6.45, 7) is 4.91. The molecular weight excluding hydrogens is 851 g/mol. The fourth-order valence-corrected chi connectivity index (χ4v) is 9.69. The molecule has 0 aromatic rings. The van der Waals surface area contributed by atoms with Crippen LogP contribution >= 0.6 is 0 Å². The van der Waals surface area contributed by atoms with Gasteiger partial charge in [0.25, 0.3) is 0 Å². The largest absolute Gasteiger partial charge is 0.466 e. The second kappa shape index (κ2) is 58.9. The summed E-state index contributed by atoms with van der Waals surface area (Å²) < 4.78 is 5.48. The molecule has 0 aliphatic rings. The van der Waals surface area contributed by atoms with Gasteiger partial charge in [-0.3, -0.25) is 9.59 Å². The van der Waals surface area contributed by atoms with Gasteiger partial charge < -0.3 is 20.3 Å². The van der Waals surface area contributed by atoms with Crippen LogP contribution in [-0.4, -0.2) is 47.4 Å². The smallest absolute Gasteiger partial charge is 0.305 e. The van der Waals surface area contributed by atoms with Crippen LogP contribution in [-0.2, 0) is 14.3 Å². The number of aliphatic hydroxyl groups excluding tert-OH is 2. The predicted molar refractivity (Wildman–Crippen MR) is 301 cm³/mol. The molecule has 6 nitrogen and oxygen atoms in total. The number of carbonyl (C=O) groups is 2. The predicted octanol–water partition coefficient (Wildman–Crippen LogP) is 19.4. The molecule has 0 fully saturated rings. The lowest BCUT2D eigenvalue weighted by Gasteiger charge is -2.20. The summed E-state index contributed by atoms with van der Waals surface area (Å²) in [6.07, 6.45) is 72.2. The first-order chi connectivity index (χ1) is 34.0. The van der Waals surface area contributed by atoms with E-state index in [-0.39, 0.29) is 18.5 Å². The van der Waals surface area contributed by atoms with Crippen LogP contribution in [0.4, 0.5) is 0 Å². The van der Waals surface area contributed by atoms with Crippen LogP contribution in [0.3, 0.4) is 0 Å². The molecule has 0 aromatic heterocycles. The number of hydrogen-bond donors (Lipinski definition) is 3. The first-order valence-electron chi connectivity index (χ1n) is 31.1. The Morgan fingerprint density at radius 2 is 0.681 bits per heavy atom. The number of amides is 1. The number of allylic oxidation sites excluding steroid dienone is 3. The average molecular weight is 973 g/mol. The quantitative estimate of drug-likeness (QED) is 0.0321. The molecule has 0 saturated carbocycles. The molecule has 408 valence electrons. The lowest BCUT2D eigenvalue weighted by atomic mass is 10.0. The fourth-order valence-electron chi connectivity index (χ4n) is 9.69. The number of rotatable bonds is 58. The Bertz CT molecular complexity index is 1080. The Hall–Kier alpha value is -1.66. The van der Waals surface area contributed by atoms with E-state index >= 15 is 0 Å². The van der Waals surface area contributed by atoms with Gasteiger partial charge in [-0.05, 0) is 57.8 Å². The van der Waals surface area contributed by atoms with Crippen molar-refractivity contribution in [3.8, 4) is 0 Å². The molecule has 0 heterocycles. The van der Waals surface area contributed by atoms with Crippen molar-refractivity contribution in [2.24, 2.45) is 0 Å². The topological polar surface area (TPSA) is 95.9 Å². The van der Waals surface area contributed by atoms with Crippen molar-refractivity contribution in [1.82, 2.24) is 5.32 Å². The van der Waals surface area contributed by atoms with Crippen LogP contribution in [0.25, 0.3) is 0 Å². The first kappa shape index (κ1) is 67.3. The molecule has 0 spiro atoms. The van der Waals surface area contributed by atoms with Gasteiger partial charge in [-0.2, -0.15) is 0 Å². The molecule has 69 heavy (non-hydrogen) atoms. The Balaban J connectivity index is 3.38. The number of nitrogens with one attached hydrogen (secondary N) is 1. The van der Waals surface area contributed by atoms with Crippen LogP contribution in [0, 0.1) is 0 Å². The fraction of sp³-hybridized carbons (Fsp3) is 0.905. The van der Waals surface area contributed by atoms with Crippen molar-refractivity contribution in [2.75, 3.05) is 13.2 Å². The summed E-state index contributed by atoms with van der Waals surface area (Å²) in [5, 5.41) is 23.1. The van der Waals surface area contributed by atoms with E-state index in [1.807, 2.05) is 6.08 Å². The number of aliphatic hydroxyl groups is 2. The van der Waals surface area contributed by atoms with Gasteiger partial charge in [-0.15, -0.1) is 0 Å². The van der Waals surface area contributed by atoms with E-state index in [9.17, 15) is 19.8 Å². The van der Waals surface area contributed by atoms with Gasteiger partial charge in [0.1, 0.15) is 0 Å². The van der Waals surface area contributed by atoms with Crippen LogP contribution in [0.1, 0.15) is 341 Å². The van der Waals surface area contributed by atoms with Gasteiger partial charge in [0, 0.05) is 12.8 Å². The molecule has 1 amide bonds. The van der Waals surface area contributed by atoms with E-state index in [1.165, 1.54) is 270 Å². The molecule has 0 aromatic carbocycles. The Morgan fingerprint density at radius 3 is 1.03 bits per heavy atom. The molecule has 0 saturated heterocycles. The van der Waals surface area contributed by atoms with Gasteiger partial charge in [-0.1, -0.05) is 295 Å². The zero-order chi connectivity index (χ0) is 50.0. The van der Waals surface area contributed by atoms with E-state index in [0.29, 0.717) is 19.4 Å². The lowest BCUT2D eigenvalue weighted by molar-refractivity contribution is -0.143. The third-order valence-corrected chi connectivity index (χ3v) is 14.5. The van der Waals surface area contributed by atoms with E-state index < -0.39 is 12.1 Å². The second-order valence-electron chi connectivity index (χ2n) is 21.4. The first-order valence-corrected chi connectivity index (χ1v) is 31.1. The molecule has 0 radical (unpaired) electrons. The molecule has 6 heteroatoms. The highest BCUT2D eigenvalue weighted by atomic mass is 16.5. The van der Waals surface area contributed by atoms with Crippen LogP contribution in [0.2, 0.25) is 0 Å². The van der Waals surface area contributed by atoms with Crippen LogP contribution in [0.5, 0.6) is 0 Å². The number of esters is 1. The van der Waals surface area contributed by atoms with Crippen molar-refractivity contribution in [3.63, 3.8) is 0 Å². The molecular formula is C63H121NO5. The molecule has 0 rings (SSSR count). The van der Waals surface area contributed by atoms with Gasteiger partial charge in [0.15, 0.2) is 0 Å². The highest BCUT2D eigenvalue weighted by molar-refractivity contribution is 5.76. The number of unbranched alkanes of at least 4 members (excludes halogenated alkanes) is 45. The summed E-state index contributed by atoms with van der Waals surface area (Å²) >= 11 is 0. The Kier molecular flexibility index (Phi) is 57.5. The third kappa shape index (κ3) is 55.5. The highest BCUT2D eigenvalue weighted by Crippen LogP contribution is 2.18. The molecule has 3 N–H and O–H groups in total. The van der Waals surface area contributed by atoms with Crippen molar-refractivity contribution in [3.05, 3.63) is 24.3 Å². The third-order valence-electron chi connectivity index (χ3n) is 14.5. The molecule has 0 bridgehead atoms. The van der Waals surface area contributed by atoms with Crippen molar-refractivity contribution >= 4 is 11.9 Å². The monoisotopic (exact) mass is 972 g/mol. The maximum absolute atomic E-state index is 12.5. The van der Waals surface area contributed by atoms with Crippen molar-refractivity contribution in [1.29, 1.82) is 0 Å². The minimum atomic E-state index is -0.843. The van der Waals surface area contributed by atoms with Crippen LogP contribution < -0.4 is 5.32 Å². The number of carbonyl (C=O) groups excluding carboxylic acids is 2. The van der Waals surface area contributed by atoms with E-state index in [4.69, 9.17) is 4.74 Å².